The Balaban J connectivity index is -0.00000000785. The van der Waals surface area contributed by atoms with Gasteiger partial charge >= 0.3 is 124 Å². The van der Waals surface area contributed by atoms with Crippen LogP contribution in [-0.4, -0.2) is 31.0 Å². The summed E-state index contributed by atoms with van der Waals surface area (Å²) < 4.78 is 8.88. The van der Waals surface area contributed by atoms with Crippen molar-refractivity contribution in [3.8, 4) is 0 Å². The molecule has 62 valence electrons. The Kier molecular flexibility index (Phi) is 40.3. The van der Waals surface area contributed by atoms with Crippen LogP contribution in [0.1, 0.15) is 4.28 Å². The maximum atomic E-state index is 8.88. The molecule has 0 unspecified atom stereocenters. The van der Waals surface area contributed by atoms with Crippen molar-refractivity contribution in [3.63, 3.8) is 0 Å². The average Bonchev–Trinajstić information content (AvgIpc) is 1.19. The fraction of sp³-hybridized carbons (Fsp3) is 0. The van der Waals surface area contributed by atoms with Crippen molar-refractivity contribution in [2.45, 2.75) is 0 Å². The molecule has 0 bridgehead atoms. The van der Waals surface area contributed by atoms with Gasteiger partial charge in [-0.15, -0.1) is 0 Å². The largest absolute Gasteiger partial charge is 1.00 e. The summed E-state index contributed by atoms with van der Waals surface area (Å²) in [6.45, 7) is 0. The molecule has 0 aliphatic carbocycles. The van der Waals surface area contributed by atoms with Gasteiger partial charge < -0.3 is 29.2 Å². The van der Waals surface area contributed by atoms with E-state index in [4.69, 9.17) is 34.3 Å². The normalized spacial score (nSPS) is 6.92. The third-order valence-corrected chi connectivity index (χ3v) is 0. The Morgan fingerprint density at radius 2 is 1.08 bits per heavy atom. The molecule has 0 rings (SSSR count). The van der Waals surface area contributed by atoms with Gasteiger partial charge in [-0.3, -0.25) is 0 Å². The van der Waals surface area contributed by atoms with Crippen LogP contribution >= 0.6 is 7.82 Å². The van der Waals surface area contributed by atoms with Gasteiger partial charge in [-0.05, 0) is 0 Å². The molecule has 5 N–H and O–H groups in total. The molecule has 0 heterocycles. The first-order chi connectivity index (χ1) is 3.73. The van der Waals surface area contributed by atoms with Crippen LogP contribution in [0.2, 0.25) is 0 Å². The van der Waals surface area contributed by atoms with Crippen LogP contribution in [0.25, 0.3) is 0 Å². The maximum Gasteiger partial charge on any atom is 1.00 e. The second-order valence-electron chi connectivity index (χ2n) is 0.796. The van der Waals surface area contributed by atoms with E-state index in [1.165, 1.54) is 0 Å². The number of carboxylic acid groups (broad SMARTS) is 2. The Bertz CT molecular complexity index is 132. The number of carbonyl (C=O) groups is 1. The molecule has 0 amide bonds. The summed E-state index contributed by atoms with van der Waals surface area (Å²) >= 11 is 0. The number of rotatable bonds is 0. The van der Waals surface area contributed by atoms with Gasteiger partial charge in [0.2, 0.25) is 0 Å². The molecule has 12 heavy (non-hydrogen) atoms. The molecular weight excluding hydrogens is 240 g/mol. The molecule has 0 fully saturated rings. The quantitative estimate of drug-likeness (QED) is 0.212. The summed E-state index contributed by atoms with van der Waals surface area (Å²) in [5.74, 6) is 0. The minimum Gasteiger partial charge on any atom is -1.00 e. The fourth-order valence-corrected chi connectivity index (χ4v) is 0. The summed E-state index contributed by atoms with van der Waals surface area (Å²) in [6, 6.07) is 0. The topological polar surface area (TPSA) is 135 Å². The molecule has 0 aliphatic rings. The van der Waals surface area contributed by atoms with Gasteiger partial charge in [0, 0.05) is 0 Å². The third kappa shape index (κ3) is 207. The van der Waals surface area contributed by atoms with Crippen LogP contribution in [0, 0.1) is 0 Å². The predicted molar refractivity (Wildman–Crippen MR) is 28.3 cm³/mol. The van der Waals surface area contributed by atoms with E-state index in [-0.39, 0.29) is 115 Å². The Morgan fingerprint density at radius 1 is 1.08 bits per heavy atom. The smallest absolute Gasteiger partial charge is 1.00 e. The van der Waals surface area contributed by atoms with Crippen LogP contribution in [0.15, 0.2) is 0 Å². The predicted octanol–water partition coefficient (Wildman–Crippen LogP) is -9.36. The summed E-state index contributed by atoms with van der Waals surface area (Å²) in [5, 5.41) is 13.9. The molecule has 0 saturated carbocycles. The van der Waals surface area contributed by atoms with Gasteiger partial charge in [0.15, 0.2) is 0 Å². The van der Waals surface area contributed by atoms with E-state index in [1.54, 1.807) is 0 Å². The Hall–Kier alpha value is 3.02. The fourth-order valence-electron chi connectivity index (χ4n) is 0. The zero-order chi connectivity index (χ0) is 8.08. The van der Waals surface area contributed by atoms with Gasteiger partial charge in [-0.25, -0.2) is 9.36 Å². The summed E-state index contributed by atoms with van der Waals surface area (Å²) in [6.07, 6.45) is -1.83. The van der Waals surface area contributed by atoms with Crippen molar-refractivity contribution in [3.05, 3.63) is 0 Å². The van der Waals surface area contributed by atoms with Gasteiger partial charge in [-0.1, -0.05) is 0 Å². The minimum atomic E-state index is -4.64. The Morgan fingerprint density at radius 3 is 1.08 bits per heavy atom. The summed E-state index contributed by atoms with van der Waals surface area (Å²) in [4.78, 5) is 30.1. The minimum absolute atomic E-state index is 0. The SMILES string of the molecule is O=C(O)O.O=P(O)(O)O.[H-].[H-].[H-].[K+].[Na+].[Na+]. The van der Waals surface area contributed by atoms with E-state index in [2.05, 4.69) is 0 Å². The molecule has 7 nitrogen and oxygen atoms in total. The van der Waals surface area contributed by atoms with Crippen LogP contribution in [0.5, 0.6) is 0 Å². The molecule has 0 aromatic heterocycles. The van der Waals surface area contributed by atoms with E-state index < -0.39 is 14.0 Å². The van der Waals surface area contributed by atoms with Crippen LogP contribution in [-0.2, 0) is 4.57 Å². The maximum absolute atomic E-state index is 8.88. The van der Waals surface area contributed by atoms with Gasteiger partial charge in [-0.2, -0.15) is 0 Å². The Labute approximate surface area is 160 Å². The second-order valence-corrected chi connectivity index (χ2v) is 1.82. The van der Waals surface area contributed by atoms with E-state index in [1.807, 2.05) is 0 Å². The van der Waals surface area contributed by atoms with Crippen LogP contribution in [0.4, 0.5) is 4.79 Å². The van der Waals surface area contributed by atoms with Gasteiger partial charge in [0.1, 0.15) is 0 Å². The van der Waals surface area contributed by atoms with E-state index in [0.29, 0.717) is 0 Å². The third-order valence-electron chi connectivity index (χ3n) is 0. The van der Waals surface area contributed by atoms with Crippen molar-refractivity contribution < 1.29 is 149 Å². The van der Waals surface area contributed by atoms with Crippen molar-refractivity contribution in [2.24, 2.45) is 0 Å². The molecule has 0 aliphatic heterocycles. The second kappa shape index (κ2) is 16.4. The zero-order valence-corrected chi connectivity index (χ0v) is 15.0. The zero-order valence-electron chi connectivity index (χ0n) is 10.00. The molecule has 0 aromatic rings. The molecular formula is CH8KNa2O7P. The molecule has 11 heteroatoms. The number of phosphoric acid groups is 1. The van der Waals surface area contributed by atoms with E-state index in [0.717, 1.165) is 0 Å². The molecule has 0 atom stereocenters. The first kappa shape index (κ1) is 29.4. The van der Waals surface area contributed by atoms with Crippen molar-refractivity contribution in [2.75, 3.05) is 0 Å². The first-order valence-electron chi connectivity index (χ1n) is 1.43. The van der Waals surface area contributed by atoms with Crippen LogP contribution in [0.3, 0.4) is 0 Å². The summed E-state index contributed by atoms with van der Waals surface area (Å²) in [5.41, 5.74) is 0. The first-order valence-corrected chi connectivity index (χ1v) is 3.00. The number of hydrogen-bond acceptors (Lipinski definition) is 2. The molecule has 0 saturated heterocycles. The average molecular weight is 248 g/mol. The molecule has 0 radical (unpaired) electrons. The van der Waals surface area contributed by atoms with Crippen LogP contribution < -0.4 is 110 Å². The van der Waals surface area contributed by atoms with Crippen molar-refractivity contribution >= 4 is 14.0 Å². The van der Waals surface area contributed by atoms with E-state index >= 15 is 0 Å². The van der Waals surface area contributed by atoms with E-state index in [9.17, 15) is 0 Å². The monoisotopic (exact) mass is 248 g/mol. The summed E-state index contributed by atoms with van der Waals surface area (Å²) in [7, 11) is -4.64. The molecule has 0 aromatic carbocycles. The standard InChI is InChI=1S/CH2O3.K.2Na.H3O4P.3H/c2-1(3)4;;;;1-5(2,3)4;;;/h(H2,2,3,4);;;;(H3,1,2,3,4);;;/q;3*+1;;3*-1. The van der Waals surface area contributed by atoms with Crippen molar-refractivity contribution in [1.29, 1.82) is 0 Å². The van der Waals surface area contributed by atoms with Gasteiger partial charge in [0.25, 0.3) is 0 Å². The molecule has 0 spiro atoms. The van der Waals surface area contributed by atoms with Crippen molar-refractivity contribution in [1.82, 2.24) is 0 Å². The number of hydrogen-bond donors (Lipinski definition) is 5. The van der Waals surface area contributed by atoms with Gasteiger partial charge in [0.05, 0.1) is 0 Å².